The van der Waals surface area contributed by atoms with Crippen molar-refractivity contribution in [3.63, 3.8) is 0 Å². The molecular weight excluding hydrogens is 150 g/mol. The third kappa shape index (κ3) is 1.87. The van der Waals surface area contributed by atoms with Gasteiger partial charge in [-0.15, -0.1) is 0 Å². The summed E-state index contributed by atoms with van der Waals surface area (Å²) in [6.07, 6.45) is 0.528. The molecule has 1 aliphatic rings. The molecule has 0 bridgehead atoms. The highest BCUT2D eigenvalue weighted by Crippen LogP contribution is 2.25. The first-order chi connectivity index (χ1) is 5.06. The van der Waals surface area contributed by atoms with Gasteiger partial charge in [-0.05, 0) is 27.1 Å². The van der Waals surface area contributed by atoms with Crippen LogP contribution in [0.15, 0.2) is 0 Å². The summed E-state index contributed by atoms with van der Waals surface area (Å²) in [5.74, 6) is -2.57. The Morgan fingerprint density at radius 3 is 2.64 bits per heavy atom. The molecule has 1 atom stereocenters. The summed E-state index contributed by atoms with van der Waals surface area (Å²) >= 11 is 0. The Kier molecular flexibility index (Phi) is 2.44. The van der Waals surface area contributed by atoms with Crippen LogP contribution in [0.25, 0.3) is 0 Å². The molecule has 66 valence electrons. The van der Waals surface area contributed by atoms with Gasteiger partial charge in [-0.2, -0.15) is 0 Å². The van der Waals surface area contributed by atoms with Gasteiger partial charge in [0.15, 0.2) is 0 Å². The molecule has 0 radical (unpaired) electrons. The van der Waals surface area contributed by atoms with Gasteiger partial charge < -0.3 is 10.2 Å². The minimum absolute atomic E-state index is 0.126. The van der Waals surface area contributed by atoms with Crippen LogP contribution in [0, 0.1) is 0 Å². The minimum Gasteiger partial charge on any atom is -0.312 e. The molecule has 1 aliphatic heterocycles. The third-order valence-corrected chi connectivity index (χ3v) is 2.14. The van der Waals surface area contributed by atoms with Crippen molar-refractivity contribution in [1.82, 2.24) is 10.2 Å². The van der Waals surface area contributed by atoms with Crippen molar-refractivity contribution < 1.29 is 8.78 Å². The van der Waals surface area contributed by atoms with Gasteiger partial charge in [0.25, 0.3) is 5.92 Å². The molecule has 1 fully saturated rings. The monoisotopic (exact) mass is 164 g/mol. The molecule has 2 nitrogen and oxygen atoms in total. The zero-order valence-corrected chi connectivity index (χ0v) is 6.90. The second-order valence-electron chi connectivity index (χ2n) is 3.13. The summed E-state index contributed by atoms with van der Waals surface area (Å²) in [6, 6.07) is -0.640. The number of halogens is 2. The van der Waals surface area contributed by atoms with Gasteiger partial charge in [-0.3, -0.25) is 0 Å². The first-order valence-corrected chi connectivity index (χ1v) is 3.80. The smallest absolute Gasteiger partial charge is 0.275 e. The molecule has 0 aromatic rings. The molecular formula is C7H14F2N2. The van der Waals surface area contributed by atoms with E-state index < -0.39 is 12.0 Å². The van der Waals surface area contributed by atoms with Crippen LogP contribution in [-0.2, 0) is 0 Å². The highest BCUT2D eigenvalue weighted by Gasteiger charge is 2.42. The first-order valence-electron chi connectivity index (χ1n) is 3.80. The van der Waals surface area contributed by atoms with Crippen molar-refractivity contribution in [2.45, 2.75) is 18.4 Å². The second-order valence-corrected chi connectivity index (χ2v) is 3.13. The van der Waals surface area contributed by atoms with Gasteiger partial charge in [0.05, 0.1) is 12.6 Å². The van der Waals surface area contributed by atoms with Gasteiger partial charge in [0.2, 0.25) is 0 Å². The van der Waals surface area contributed by atoms with E-state index in [1.54, 1.807) is 19.0 Å². The van der Waals surface area contributed by atoms with Gasteiger partial charge >= 0.3 is 0 Å². The molecule has 1 heterocycles. The van der Waals surface area contributed by atoms with Crippen LogP contribution in [0.3, 0.4) is 0 Å². The molecule has 0 unspecified atom stereocenters. The van der Waals surface area contributed by atoms with Gasteiger partial charge in [0.1, 0.15) is 0 Å². The molecule has 0 aromatic heterocycles. The largest absolute Gasteiger partial charge is 0.312 e. The van der Waals surface area contributed by atoms with Gasteiger partial charge in [-0.25, -0.2) is 8.78 Å². The first kappa shape index (κ1) is 8.87. The number of alkyl halides is 2. The summed E-state index contributed by atoms with van der Waals surface area (Å²) < 4.78 is 26.0. The van der Waals surface area contributed by atoms with Crippen molar-refractivity contribution in [2.75, 3.05) is 27.2 Å². The van der Waals surface area contributed by atoms with E-state index >= 15 is 0 Å². The number of rotatable bonds is 1. The Bertz CT molecular complexity index is 138. The zero-order valence-electron chi connectivity index (χ0n) is 6.90. The van der Waals surface area contributed by atoms with E-state index in [0.29, 0.717) is 6.42 Å². The Morgan fingerprint density at radius 1 is 1.55 bits per heavy atom. The number of hydrogen-bond acceptors (Lipinski definition) is 2. The molecule has 0 spiro atoms. The van der Waals surface area contributed by atoms with E-state index in [1.165, 1.54) is 0 Å². The Labute approximate surface area is 65.6 Å². The number of nitrogens with zero attached hydrogens (tertiary/aromatic N) is 1. The Hall–Kier alpha value is -0.220. The fourth-order valence-electron chi connectivity index (χ4n) is 1.47. The quantitative estimate of drug-likeness (QED) is 0.608. The maximum atomic E-state index is 13.0. The SMILES string of the molecule is CN[C@@H]1CCN(C)CC1(F)F. The standard InChI is InChI=1S/C7H14F2N2/c1-10-6-3-4-11(2)5-7(6,8)9/h6,10H,3-5H2,1-2H3/t6-/m1/s1. The zero-order chi connectivity index (χ0) is 8.48. The van der Waals surface area contributed by atoms with Crippen LogP contribution >= 0.6 is 0 Å². The fourth-order valence-corrected chi connectivity index (χ4v) is 1.47. The fraction of sp³-hybridized carbons (Fsp3) is 1.00. The normalized spacial score (nSPS) is 32.2. The van der Waals surface area contributed by atoms with Crippen LogP contribution in [0.1, 0.15) is 6.42 Å². The molecule has 11 heavy (non-hydrogen) atoms. The molecule has 4 heteroatoms. The Balaban J connectivity index is 2.56. The van der Waals surface area contributed by atoms with E-state index in [9.17, 15) is 8.78 Å². The Morgan fingerprint density at radius 2 is 2.18 bits per heavy atom. The number of piperidine rings is 1. The van der Waals surface area contributed by atoms with E-state index in [-0.39, 0.29) is 6.54 Å². The number of nitrogens with one attached hydrogen (secondary N) is 1. The lowest BCUT2D eigenvalue weighted by Gasteiger charge is -2.36. The van der Waals surface area contributed by atoms with Crippen molar-refractivity contribution >= 4 is 0 Å². The summed E-state index contributed by atoms with van der Waals surface area (Å²) in [5, 5.41) is 2.64. The number of likely N-dealkylation sites (tertiary alicyclic amines) is 1. The lowest BCUT2D eigenvalue weighted by Crippen LogP contribution is -2.55. The third-order valence-electron chi connectivity index (χ3n) is 2.14. The number of hydrogen-bond donors (Lipinski definition) is 1. The van der Waals surface area contributed by atoms with Crippen LogP contribution in [0.5, 0.6) is 0 Å². The molecule has 1 saturated heterocycles. The average molecular weight is 164 g/mol. The van der Waals surface area contributed by atoms with E-state index in [1.807, 2.05) is 0 Å². The highest BCUT2D eigenvalue weighted by atomic mass is 19.3. The summed E-state index contributed by atoms with van der Waals surface area (Å²) in [5.41, 5.74) is 0. The van der Waals surface area contributed by atoms with E-state index in [4.69, 9.17) is 0 Å². The molecule has 0 aromatic carbocycles. The van der Waals surface area contributed by atoms with Crippen molar-refractivity contribution in [3.8, 4) is 0 Å². The summed E-state index contributed by atoms with van der Waals surface area (Å²) in [4.78, 5) is 1.66. The molecule has 0 saturated carbocycles. The maximum absolute atomic E-state index is 13.0. The molecule has 0 amide bonds. The topological polar surface area (TPSA) is 15.3 Å². The molecule has 1 N–H and O–H groups in total. The van der Waals surface area contributed by atoms with Crippen molar-refractivity contribution in [1.29, 1.82) is 0 Å². The van der Waals surface area contributed by atoms with Crippen molar-refractivity contribution in [3.05, 3.63) is 0 Å². The van der Waals surface area contributed by atoms with Crippen molar-refractivity contribution in [2.24, 2.45) is 0 Å². The average Bonchev–Trinajstić information content (AvgIpc) is 1.85. The van der Waals surface area contributed by atoms with Crippen LogP contribution < -0.4 is 5.32 Å². The van der Waals surface area contributed by atoms with Crippen LogP contribution in [0.4, 0.5) is 8.78 Å². The predicted octanol–water partition coefficient (Wildman–Crippen LogP) is 0.545. The van der Waals surface area contributed by atoms with Gasteiger partial charge in [0, 0.05) is 0 Å². The summed E-state index contributed by atoms with van der Waals surface area (Å²) in [7, 11) is 3.31. The lowest BCUT2D eigenvalue weighted by atomic mass is 10.0. The van der Waals surface area contributed by atoms with E-state index in [2.05, 4.69) is 5.32 Å². The summed E-state index contributed by atoms with van der Waals surface area (Å²) in [6.45, 7) is 0.625. The second kappa shape index (κ2) is 3.03. The van der Waals surface area contributed by atoms with Crippen LogP contribution in [0.2, 0.25) is 0 Å². The minimum atomic E-state index is -2.57. The maximum Gasteiger partial charge on any atom is 0.275 e. The van der Waals surface area contributed by atoms with Gasteiger partial charge in [-0.1, -0.05) is 0 Å². The van der Waals surface area contributed by atoms with E-state index in [0.717, 1.165) is 6.54 Å². The highest BCUT2D eigenvalue weighted by molar-refractivity contribution is 4.89. The molecule has 1 rings (SSSR count). The van der Waals surface area contributed by atoms with Crippen LogP contribution in [-0.4, -0.2) is 44.0 Å². The predicted molar refractivity (Wildman–Crippen MR) is 39.9 cm³/mol. The molecule has 0 aliphatic carbocycles. The lowest BCUT2D eigenvalue weighted by molar-refractivity contribution is -0.0822.